The van der Waals surface area contributed by atoms with Crippen LogP contribution in [-0.4, -0.2) is 91.1 Å². The van der Waals surface area contributed by atoms with Crippen molar-refractivity contribution in [1.82, 2.24) is 14.9 Å². The van der Waals surface area contributed by atoms with Gasteiger partial charge >= 0.3 is 17.8 Å². The average molecular weight is 461 g/mol. The lowest BCUT2D eigenvalue weighted by molar-refractivity contribution is -0.149. The molecular formula is C16H23N5O11. The van der Waals surface area contributed by atoms with Gasteiger partial charge in [-0.15, -0.1) is 0 Å². The Balaban J connectivity index is 2.11. The Labute approximate surface area is 178 Å². The number of carbonyl (C=O) groups is 3. The zero-order valence-electron chi connectivity index (χ0n) is 16.4. The van der Waals surface area contributed by atoms with Crippen LogP contribution in [-0.2, 0) is 19.1 Å². The summed E-state index contributed by atoms with van der Waals surface area (Å²) in [6.45, 7) is -0.551. The van der Waals surface area contributed by atoms with E-state index in [1.54, 1.807) is 0 Å². The summed E-state index contributed by atoms with van der Waals surface area (Å²) in [5, 5.41) is 41.7. The first-order chi connectivity index (χ1) is 14.9. The van der Waals surface area contributed by atoms with Gasteiger partial charge in [-0.1, -0.05) is 0 Å². The van der Waals surface area contributed by atoms with Crippen LogP contribution in [0.4, 0.5) is 4.79 Å². The number of carbonyl (C=O) groups excluding carboxylic acids is 2. The van der Waals surface area contributed by atoms with E-state index < -0.39 is 85.0 Å². The summed E-state index contributed by atoms with van der Waals surface area (Å²) < 4.78 is 10.4. The minimum absolute atomic E-state index is 0.433. The molecule has 2 unspecified atom stereocenters. The number of H-pyrrole nitrogens is 1. The summed E-state index contributed by atoms with van der Waals surface area (Å²) in [7, 11) is 0. The molecule has 0 bridgehead atoms. The predicted molar refractivity (Wildman–Crippen MR) is 101 cm³/mol. The van der Waals surface area contributed by atoms with Crippen LogP contribution in [0.5, 0.6) is 0 Å². The molecule has 2 rings (SSSR count). The number of aromatic nitrogens is 2. The van der Waals surface area contributed by atoms with Crippen molar-refractivity contribution in [3.05, 3.63) is 33.1 Å². The van der Waals surface area contributed by atoms with Crippen LogP contribution in [0, 0.1) is 0 Å². The van der Waals surface area contributed by atoms with Gasteiger partial charge in [-0.25, -0.2) is 14.4 Å². The van der Waals surface area contributed by atoms with Crippen molar-refractivity contribution in [3.63, 3.8) is 0 Å². The molecule has 0 saturated carbocycles. The number of nitrogens with one attached hydrogen (secondary N) is 2. The number of nitrogens with two attached hydrogens (primary N) is 2. The lowest BCUT2D eigenvalue weighted by Crippen LogP contribution is -2.56. The highest BCUT2D eigenvalue weighted by Gasteiger charge is 2.50. The molecule has 16 heteroatoms. The van der Waals surface area contributed by atoms with E-state index in [0.717, 1.165) is 16.8 Å². The van der Waals surface area contributed by atoms with Gasteiger partial charge in [0.1, 0.15) is 24.9 Å². The van der Waals surface area contributed by atoms with E-state index in [0.29, 0.717) is 0 Å². The maximum Gasteiger partial charge on any atom is 0.404 e. The zero-order valence-corrected chi connectivity index (χ0v) is 16.4. The Morgan fingerprint density at radius 2 is 1.94 bits per heavy atom. The standard InChI is InChI=1S/C16H23N5O11/c17-6(3-5(22)4-31-15(18)29)12(26)20-8(14(27)28)11-9(24)10(25)13(32-11)21-2-1-7(23)19-16(21)30/h1-2,5-6,8-11,13,22,24-25H,3-4,17H2,(H2,18,29)(H,20,26)(H,27,28)(H,19,23,30)/t5-,6+,8+,9+,10-,11?,13?/m1/s1. The maximum atomic E-state index is 12.3. The monoisotopic (exact) mass is 461 g/mol. The molecule has 0 spiro atoms. The van der Waals surface area contributed by atoms with E-state index in [9.17, 15) is 44.4 Å². The first-order valence-electron chi connectivity index (χ1n) is 9.14. The number of rotatable bonds is 9. The molecular weight excluding hydrogens is 438 g/mol. The largest absolute Gasteiger partial charge is 0.480 e. The van der Waals surface area contributed by atoms with Gasteiger partial charge < -0.3 is 46.7 Å². The van der Waals surface area contributed by atoms with Crippen LogP contribution in [0.1, 0.15) is 12.6 Å². The van der Waals surface area contributed by atoms with Gasteiger partial charge in [0, 0.05) is 18.7 Å². The van der Waals surface area contributed by atoms with Crippen molar-refractivity contribution < 1.29 is 44.3 Å². The molecule has 1 aromatic heterocycles. The predicted octanol–water partition coefficient (Wildman–Crippen LogP) is -5.10. The van der Waals surface area contributed by atoms with Gasteiger partial charge in [0.2, 0.25) is 5.91 Å². The molecule has 1 aliphatic heterocycles. The topological polar surface area (TPSA) is 270 Å². The van der Waals surface area contributed by atoms with Crippen LogP contribution in [0.2, 0.25) is 0 Å². The molecule has 32 heavy (non-hydrogen) atoms. The molecule has 1 aromatic rings. The smallest absolute Gasteiger partial charge is 0.404 e. The van der Waals surface area contributed by atoms with Gasteiger partial charge in [-0.2, -0.15) is 0 Å². The van der Waals surface area contributed by atoms with Crippen molar-refractivity contribution in [3.8, 4) is 0 Å². The minimum atomic E-state index is -1.92. The highest BCUT2D eigenvalue weighted by atomic mass is 16.6. The van der Waals surface area contributed by atoms with Gasteiger partial charge in [-0.3, -0.25) is 19.1 Å². The fourth-order valence-corrected chi connectivity index (χ4v) is 3.01. The number of hydrogen-bond donors (Lipinski definition) is 8. The van der Waals surface area contributed by atoms with E-state index >= 15 is 0 Å². The van der Waals surface area contributed by atoms with Gasteiger partial charge in [0.05, 0.1) is 12.1 Å². The van der Waals surface area contributed by atoms with Crippen molar-refractivity contribution in [2.24, 2.45) is 11.5 Å². The molecule has 10 N–H and O–H groups in total. The summed E-state index contributed by atoms with van der Waals surface area (Å²) in [6, 6.07) is -2.43. The second-order valence-corrected chi connectivity index (χ2v) is 6.94. The number of carboxylic acid groups (broad SMARTS) is 1. The summed E-state index contributed by atoms with van der Waals surface area (Å²) in [5.41, 5.74) is 8.65. The second kappa shape index (κ2) is 10.3. The fourth-order valence-electron chi connectivity index (χ4n) is 3.01. The van der Waals surface area contributed by atoms with E-state index in [1.807, 2.05) is 10.3 Å². The molecule has 0 aliphatic carbocycles. The number of aromatic amines is 1. The SMILES string of the molecule is NC(=O)OC[C@H](O)C[C@H](N)C(=O)N[C@H](C(=O)O)C1OC(n2ccc(=O)[nH]c2=O)[C@H](O)[C@@H]1O. The van der Waals surface area contributed by atoms with Crippen LogP contribution in [0.15, 0.2) is 21.9 Å². The fraction of sp³-hybridized carbons (Fsp3) is 0.562. The van der Waals surface area contributed by atoms with Crippen molar-refractivity contribution >= 4 is 18.0 Å². The van der Waals surface area contributed by atoms with Gasteiger partial charge in [0.25, 0.3) is 5.56 Å². The third kappa shape index (κ3) is 5.89. The van der Waals surface area contributed by atoms with Crippen molar-refractivity contribution in [1.29, 1.82) is 0 Å². The summed E-state index contributed by atoms with van der Waals surface area (Å²) >= 11 is 0. The molecule has 16 nitrogen and oxygen atoms in total. The Kier molecular flexibility index (Phi) is 8.06. The van der Waals surface area contributed by atoms with E-state index in [-0.39, 0.29) is 0 Å². The maximum absolute atomic E-state index is 12.3. The summed E-state index contributed by atoms with van der Waals surface area (Å²) in [5.74, 6) is -2.72. The van der Waals surface area contributed by atoms with E-state index in [1.165, 1.54) is 0 Å². The number of nitrogens with zero attached hydrogens (tertiary/aromatic N) is 1. The van der Waals surface area contributed by atoms with Crippen LogP contribution >= 0.6 is 0 Å². The molecule has 7 atom stereocenters. The Morgan fingerprint density at radius 1 is 1.28 bits per heavy atom. The average Bonchev–Trinajstić information content (AvgIpc) is 2.98. The Morgan fingerprint density at radius 3 is 2.50 bits per heavy atom. The minimum Gasteiger partial charge on any atom is -0.480 e. The highest BCUT2D eigenvalue weighted by Crippen LogP contribution is 2.30. The summed E-state index contributed by atoms with van der Waals surface area (Å²) in [6.07, 6.45) is -8.92. The Hall–Kier alpha value is -3.31. The highest BCUT2D eigenvalue weighted by molar-refractivity contribution is 5.87. The summed E-state index contributed by atoms with van der Waals surface area (Å²) in [4.78, 5) is 59.5. The van der Waals surface area contributed by atoms with Crippen molar-refractivity contribution in [2.45, 2.75) is 49.1 Å². The number of aliphatic carboxylic acids is 1. The number of ether oxygens (including phenoxy) is 2. The lowest BCUT2D eigenvalue weighted by atomic mass is 10.0. The van der Waals surface area contributed by atoms with Crippen molar-refractivity contribution in [2.75, 3.05) is 6.61 Å². The normalized spacial score (nSPS) is 25.5. The number of amides is 2. The van der Waals surface area contributed by atoms with Crippen LogP contribution < -0.4 is 28.0 Å². The zero-order chi connectivity index (χ0) is 24.2. The second-order valence-electron chi connectivity index (χ2n) is 6.94. The molecule has 1 aliphatic rings. The third-order valence-corrected chi connectivity index (χ3v) is 4.57. The first-order valence-corrected chi connectivity index (χ1v) is 9.14. The molecule has 178 valence electrons. The van der Waals surface area contributed by atoms with Crippen LogP contribution in [0.25, 0.3) is 0 Å². The number of aliphatic hydroxyl groups is 3. The molecule has 2 heterocycles. The molecule has 1 fully saturated rings. The third-order valence-electron chi connectivity index (χ3n) is 4.57. The number of aliphatic hydroxyl groups excluding tert-OH is 3. The number of hydrogen-bond acceptors (Lipinski definition) is 11. The number of primary amides is 1. The Bertz CT molecular complexity index is 962. The molecule has 1 saturated heterocycles. The van der Waals surface area contributed by atoms with Crippen LogP contribution in [0.3, 0.4) is 0 Å². The number of carboxylic acids is 1. The first kappa shape index (κ1) is 25.0. The van der Waals surface area contributed by atoms with E-state index in [2.05, 4.69) is 4.74 Å². The quantitative estimate of drug-likeness (QED) is 0.171. The van der Waals surface area contributed by atoms with Gasteiger partial charge in [0.15, 0.2) is 12.3 Å². The molecule has 2 amide bonds. The van der Waals surface area contributed by atoms with E-state index in [4.69, 9.17) is 16.2 Å². The van der Waals surface area contributed by atoms with Gasteiger partial charge in [-0.05, 0) is 0 Å². The lowest BCUT2D eigenvalue weighted by Gasteiger charge is -2.25. The molecule has 0 aromatic carbocycles. The molecule has 0 radical (unpaired) electrons.